The van der Waals surface area contributed by atoms with Crippen LogP contribution in [0.25, 0.3) is 21.9 Å². The normalized spacial score (nSPS) is 11.4. The van der Waals surface area contributed by atoms with Gasteiger partial charge in [-0.05, 0) is 24.6 Å². The van der Waals surface area contributed by atoms with E-state index >= 15 is 0 Å². The van der Waals surface area contributed by atoms with Crippen molar-refractivity contribution < 1.29 is 0 Å². The van der Waals surface area contributed by atoms with Crippen molar-refractivity contribution in [3.8, 4) is 0 Å². The predicted octanol–water partition coefficient (Wildman–Crippen LogP) is 2.66. The number of halogens is 1. The van der Waals surface area contributed by atoms with E-state index in [0.29, 0.717) is 16.5 Å². The number of aromatic amines is 1. The molecule has 0 radical (unpaired) electrons. The van der Waals surface area contributed by atoms with Crippen molar-refractivity contribution in [1.82, 2.24) is 15.2 Å². The Labute approximate surface area is 96.4 Å². The number of hydrogen-bond acceptors (Lipinski definition) is 3. The first-order chi connectivity index (χ1) is 7.66. The molecular formula is C11H9ClN4. The summed E-state index contributed by atoms with van der Waals surface area (Å²) in [7, 11) is 0. The van der Waals surface area contributed by atoms with E-state index in [2.05, 4.69) is 15.2 Å². The molecule has 0 saturated heterocycles. The summed E-state index contributed by atoms with van der Waals surface area (Å²) in [5.74, 6) is 0.516. The van der Waals surface area contributed by atoms with Crippen LogP contribution in [0.2, 0.25) is 5.02 Å². The maximum atomic E-state index is 6.14. The summed E-state index contributed by atoms with van der Waals surface area (Å²) < 4.78 is 0. The highest BCUT2D eigenvalue weighted by atomic mass is 35.5. The number of hydrogen-bond donors (Lipinski definition) is 2. The third kappa shape index (κ3) is 1.17. The second kappa shape index (κ2) is 3.09. The van der Waals surface area contributed by atoms with E-state index < -0.39 is 0 Å². The predicted molar refractivity (Wildman–Crippen MR) is 65.6 cm³/mol. The summed E-state index contributed by atoms with van der Waals surface area (Å²) in [6.45, 7) is 1.99. The van der Waals surface area contributed by atoms with E-state index in [1.54, 1.807) is 0 Å². The fraction of sp³-hybridized carbons (Fsp3) is 0.0909. The lowest BCUT2D eigenvalue weighted by atomic mass is 10.1. The average molecular weight is 233 g/mol. The molecule has 0 amide bonds. The number of nitrogens with two attached hydrogens (primary N) is 1. The summed E-state index contributed by atoms with van der Waals surface area (Å²) in [5, 5.41) is 9.13. The lowest BCUT2D eigenvalue weighted by molar-refractivity contribution is 1.11. The zero-order valence-electron chi connectivity index (χ0n) is 8.58. The van der Waals surface area contributed by atoms with E-state index in [1.807, 2.05) is 25.1 Å². The van der Waals surface area contributed by atoms with E-state index in [4.69, 9.17) is 17.3 Å². The van der Waals surface area contributed by atoms with Gasteiger partial charge in [-0.15, -0.1) is 0 Å². The summed E-state index contributed by atoms with van der Waals surface area (Å²) >= 11 is 6.14. The fourth-order valence-electron chi connectivity index (χ4n) is 1.81. The number of anilines is 1. The molecule has 3 N–H and O–H groups in total. The standard InChI is InChI=1S/C11H9ClN4/c1-5-2-3-8(12)6-4-7-10(13)15-16-11(7)14-9(5)6/h2-4H,1H3,(H3,13,14,15,16). The van der Waals surface area contributed by atoms with E-state index in [1.165, 1.54) is 0 Å². The van der Waals surface area contributed by atoms with Gasteiger partial charge in [-0.1, -0.05) is 17.7 Å². The molecule has 0 saturated carbocycles. The molecular weight excluding hydrogens is 224 g/mol. The lowest BCUT2D eigenvalue weighted by Gasteiger charge is -2.03. The van der Waals surface area contributed by atoms with E-state index in [9.17, 15) is 0 Å². The maximum absolute atomic E-state index is 6.14. The number of H-pyrrole nitrogens is 1. The number of benzene rings is 1. The van der Waals surface area contributed by atoms with Crippen molar-refractivity contribution in [2.24, 2.45) is 0 Å². The van der Waals surface area contributed by atoms with Crippen LogP contribution >= 0.6 is 11.6 Å². The van der Waals surface area contributed by atoms with Crippen LogP contribution in [-0.2, 0) is 0 Å². The monoisotopic (exact) mass is 232 g/mol. The van der Waals surface area contributed by atoms with Gasteiger partial charge in [0, 0.05) is 5.39 Å². The van der Waals surface area contributed by atoms with E-state index in [-0.39, 0.29) is 0 Å². The number of aryl methyl sites for hydroxylation is 1. The molecule has 0 spiro atoms. The largest absolute Gasteiger partial charge is 0.384 e. The number of rotatable bonds is 0. The van der Waals surface area contributed by atoms with Crippen LogP contribution in [0.5, 0.6) is 0 Å². The number of fused-ring (bicyclic) bond motifs is 2. The van der Waals surface area contributed by atoms with Crippen molar-refractivity contribution >= 4 is 39.4 Å². The summed E-state index contributed by atoms with van der Waals surface area (Å²) in [5.41, 5.74) is 8.31. The molecule has 0 aliphatic heterocycles. The van der Waals surface area contributed by atoms with Gasteiger partial charge >= 0.3 is 0 Å². The zero-order valence-corrected chi connectivity index (χ0v) is 9.34. The molecule has 0 atom stereocenters. The Morgan fingerprint density at radius 2 is 2.12 bits per heavy atom. The van der Waals surface area contributed by atoms with Gasteiger partial charge in [-0.25, -0.2) is 4.98 Å². The highest BCUT2D eigenvalue weighted by Gasteiger charge is 2.09. The topological polar surface area (TPSA) is 67.6 Å². The highest BCUT2D eigenvalue weighted by Crippen LogP contribution is 2.29. The molecule has 16 heavy (non-hydrogen) atoms. The maximum Gasteiger partial charge on any atom is 0.183 e. The molecule has 3 aromatic rings. The van der Waals surface area contributed by atoms with Crippen molar-refractivity contribution in [2.45, 2.75) is 6.92 Å². The lowest BCUT2D eigenvalue weighted by Crippen LogP contribution is -1.87. The van der Waals surface area contributed by atoms with Crippen LogP contribution in [0.1, 0.15) is 5.56 Å². The second-order valence-corrected chi connectivity index (χ2v) is 4.16. The van der Waals surface area contributed by atoms with Crippen molar-refractivity contribution in [3.63, 3.8) is 0 Å². The highest BCUT2D eigenvalue weighted by molar-refractivity contribution is 6.35. The Morgan fingerprint density at radius 1 is 1.31 bits per heavy atom. The zero-order chi connectivity index (χ0) is 11.3. The van der Waals surface area contributed by atoms with Crippen molar-refractivity contribution in [2.75, 3.05) is 5.73 Å². The quantitative estimate of drug-likeness (QED) is 0.626. The van der Waals surface area contributed by atoms with Gasteiger partial charge in [0.1, 0.15) is 5.82 Å². The molecule has 0 unspecified atom stereocenters. The molecule has 0 bridgehead atoms. The molecule has 0 fully saturated rings. The molecule has 1 aromatic carbocycles. The van der Waals surface area contributed by atoms with E-state index in [0.717, 1.165) is 21.9 Å². The minimum Gasteiger partial charge on any atom is -0.384 e. The Morgan fingerprint density at radius 3 is 2.94 bits per heavy atom. The van der Waals surface area contributed by atoms with Crippen molar-refractivity contribution in [3.05, 3.63) is 28.8 Å². The molecule has 3 rings (SSSR count). The van der Waals surface area contributed by atoms with Gasteiger partial charge in [-0.2, -0.15) is 5.10 Å². The minimum absolute atomic E-state index is 0.516. The molecule has 80 valence electrons. The first kappa shape index (κ1) is 9.42. The third-order valence-corrected chi connectivity index (χ3v) is 3.01. The number of aromatic nitrogens is 3. The molecule has 4 nitrogen and oxygen atoms in total. The molecule has 0 aliphatic rings. The number of pyridine rings is 1. The third-order valence-electron chi connectivity index (χ3n) is 2.69. The summed E-state index contributed by atoms with van der Waals surface area (Å²) in [4.78, 5) is 4.45. The summed E-state index contributed by atoms with van der Waals surface area (Å²) in [6.07, 6.45) is 0. The first-order valence-electron chi connectivity index (χ1n) is 4.86. The van der Waals surface area contributed by atoms with Gasteiger partial charge in [0.15, 0.2) is 5.65 Å². The first-order valence-corrected chi connectivity index (χ1v) is 5.24. The molecule has 2 aromatic heterocycles. The Hall–Kier alpha value is -1.81. The van der Waals surface area contributed by atoms with Gasteiger partial charge < -0.3 is 5.73 Å². The SMILES string of the molecule is Cc1ccc(Cl)c2cc3c(N)[nH]nc3nc12. The van der Waals surface area contributed by atoms with Crippen LogP contribution in [-0.4, -0.2) is 15.2 Å². The summed E-state index contributed by atoms with van der Waals surface area (Å²) in [6, 6.07) is 5.73. The fourth-order valence-corrected chi connectivity index (χ4v) is 2.02. The molecule has 0 aliphatic carbocycles. The minimum atomic E-state index is 0.516. The molecule has 5 heteroatoms. The van der Waals surface area contributed by atoms with Crippen molar-refractivity contribution in [1.29, 1.82) is 0 Å². The van der Waals surface area contributed by atoms with Crippen LogP contribution in [0.15, 0.2) is 18.2 Å². The van der Waals surface area contributed by atoms with Gasteiger partial charge in [0.2, 0.25) is 0 Å². The smallest absolute Gasteiger partial charge is 0.183 e. The number of nitrogens with zero attached hydrogens (tertiary/aromatic N) is 2. The number of nitrogens with one attached hydrogen (secondary N) is 1. The van der Waals surface area contributed by atoms with Crippen LogP contribution in [0, 0.1) is 6.92 Å². The Bertz CT molecular complexity index is 702. The number of nitrogen functional groups attached to an aromatic ring is 1. The second-order valence-electron chi connectivity index (χ2n) is 3.76. The molecule has 2 heterocycles. The van der Waals surface area contributed by atoms with Crippen LogP contribution < -0.4 is 5.73 Å². The van der Waals surface area contributed by atoms with Crippen LogP contribution in [0.3, 0.4) is 0 Å². The van der Waals surface area contributed by atoms with Gasteiger partial charge in [0.25, 0.3) is 0 Å². The van der Waals surface area contributed by atoms with Gasteiger partial charge in [0.05, 0.1) is 15.9 Å². The van der Waals surface area contributed by atoms with Crippen LogP contribution in [0.4, 0.5) is 5.82 Å². The average Bonchev–Trinajstić information content (AvgIpc) is 2.64. The Balaban J connectivity index is 2.57. The van der Waals surface area contributed by atoms with Gasteiger partial charge in [-0.3, -0.25) is 5.10 Å². The Kier molecular flexibility index (Phi) is 1.82.